The minimum Gasteiger partial charge on any atom is -0.338 e. The molecule has 26 heavy (non-hydrogen) atoms. The van der Waals surface area contributed by atoms with E-state index in [9.17, 15) is 4.79 Å². The Labute approximate surface area is 152 Å². The maximum atomic E-state index is 12.9. The predicted octanol–water partition coefficient (Wildman–Crippen LogP) is 4.09. The Morgan fingerprint density at radius 3 is 2.42 bits per heavy atom. The minimum absolute atomic E-state index is 0.118. The molecular weight excluding hydrogens is 322 g/mol. The summed E-state index contributed by atoms with van der Waals surface area (Å²) >= 11 is 0. The van der Waals surface area contributed by atoms with E-state index in [1.165, 1.54) is 0 Å². The van der Waals surface area contributed by atoms with E-state index in [0.29, 0.717) is 5.56 Å². The van der Waals surface area contributed by atoms with Gasteiger partial charge < -0.3 is 9.88 Å². The standard InChI is InChI=1S/C22H19N3O/c1-25-14-13-23-21(25)20(17-8-3-2-4-9-17)24-22(26)19-12-11-16-7-5-6-10-18(16)15-19/h2-15,20H,1H3,(H,24,26)/t20-/m1/s1. The van der Waals surface area contributed by atoms with Crippen LogP contribution in [0.15, 0.2) is 85.2 Å². The summed E-state index contributed by atoms with van der Waals surface area (Å²) in [7, 11) is 1.93. The van der Waals surface area contributed by atoms with Crippen molar-refractivity contribution < 1.29 is 4.79 Å². The number of hydrogen-bond donors (Lipinski definition) is 1. The summed E-state index contributed by atoms with van der Waals surface area (Å²) in [5.74, 6) is 0.679. The lowest BCUT2D eigenvalue weighted by Crippen LogP contribution is -2.31. The van der Waals surface area contributed by atoms with Crippen molar-refractivity contribution >= 4 is 16.7 Å². The molecule has 1 N–H and O–H groups in total. The normalized spacial score (nSPS) is 12.0. The zero-order chi connectivity index (χ0) is 17.9. The Bertz CT molecular complexity index is 1050. The number of carbonyl (C=O) groups is 1. The highest BCUT2D eigenvalue weighted by Crippen LogP contribution is 2.22. The van der Waals surface area contributed by atoms with Crippen LogP contribution < -0.4 is 5.32 Å². The van der Waals surface area contributed by atoms with Crippen molar-refractivity contribution in [1.82, 2.24) is 14.9 Å². The summed E-state index contributed by atoms with van der Waals surface area (Å²) in [6, 6.07) is 23.4. The molecule has 1 amide bonds. The zero-order valence-electron chi connectivity index (χ0n) is 14.5. The number of imidazole rings is 1. The molecule has 0 aliphatic rings. The second-order valence-electron chi connectivity index (χ2n) is 6.28. The van der Waals surface area contributed by atoms with Gasteiger partial charge in [-0.2, -0.15) is 0 Å². The number of aromatic nitrogens is 2. The molecule has 0 spiro atoms. The van der Waals surface area contributed by atoms with Crippen molar-refractivity contribution in [2.24, 2.45) is 7.05 Å². The number of nitrogens with zero attached hydrogens (tertiary/aromatic N) is 2. The molecule has 4 aromatic rings. The molecule has 1 heterocycles. The Morgan fingerprint density at radius 2 is 1.69 bits per heavy atom. The average molecular weight is 341 g/mol. The van der Waals surface area contributed by atoms with Gasteiger partial charge in [-0.15, -0.1) is 0 Å². The van der Waals surface area contributed by atoms with Crippen molar-refractivity contribution in [2.45, 2.75) is 6.04 Å². The van der Waals surface area contributed by atoms with Gasteiger partial charge in [0.05, 0.1) is 0 Å². The van der Waals surface area contributed by atoms with E-state index < -0.39 is 0 Å². The number of aryl methyl sites for hydroxylation is 1. The lowest BCUT2D eigenvalue weighted by atomic mass is 10.0. The summed E-state index contributed by atoms with van der Waals surface area (Å²) in [4.78, 5) is 17.4. The molecule has 0 saturated heterocycles. The van der Waals surface area contributed by atoms with Gasteiger partial charge in [-0.25, -0.2) is 4.98 Å². The van der Waals surface area contributed by atoms with E-state index in [-0.39, 0.29) is 11.9 Å². The summed E-state index contributed by atoms with van der Waals surface area (Å²) in [6.45, 7) is 0. The van der Waals surface area contributed by atoms with Gasteiger partial charge in [-0.05, 0) is 28.5 Å². The van der Waals surface area contributed by atoms with Crippen molar-refractivity contribution in [1.29, 1.82) is 0 Å². The van der Waals surface area contributed by atoms with Gasteiger partial charge >= 0.3 is 0 Å². The van der Waals surface area contributed by atoms with Crippen molar-refractivity contribution in [3.63, 3.8) is 0 Å². The highest BCUT2D eigenvalue weighted by atomic mass is 16.1. The van der Waals surface area contributed by atoms with Crippen LogP contribution in [0.2, 0.25) is 0 Å². The Morgan fingerprint density at radius 1 is 0.962 bits per heavy atom. The fraction of sp³-hybridized carbons (Fsp3) is 0.0909. The molecule has 4 heteroatoms. The van der Waals surface area contributed by atoms with Gasteiger partial charge in [-0.1, -0.05) is 60.7 Å². The largest absolute Gasteiger partial charge is 0.338 e. The van der Waals surface area contributed by atoms with Crippen LogP contribution in [0.4, 0.5) is 0 Å². The number of hydrogen-bond acceptors (Lipinski definition) is 2. The highest BCUT2D eigenvalue weighted by molar-refractivity contribution is 5.98. The van der Waals surface area contributed by atoms with Gasteiger partial charge in [0, 0.05) is 25.0 Å². The van der Waals surface area contributed by atoms with Crippen LogP contribution in [-0.4, -0.2) is 15.5 Å². The topological polar surface area (TPSA) is 46.9 Å². The number of fused-ring (bicyclic) bond motifs is 1. The van der Waals surface area contributed by atoms with Crippen LogP contribution in [0.25, 0.3) is 10.8 Å². The molecule has 1 aromatic heterocycles. The quantitative estimate of drug-likeness (QED) is 0.608. The van der Waals surface area contributed by atoms with Crippen LogP contribution in [0.3, 0.4) is 0 Å². The Balaban J connectivity index is 1.68. The summed E-state index contributed by atoms with van der Waals surface area (Å²) < 4.78 is 1.93. The molecule has 0 aliphatic heterocycles. The molecule has 4 nitrogen and oxygen atoms in total. The molecule has 0 fully saturated rings. The molecule has 0 aliphatic carbocycles. The smallest absolute Gasteiger partial charge is 0.252 e. The van der Waals surface area contributed by atoms with E-state index in [1.807, 2.05) is 90.6 Å². The number of benzene rings is 3. The molecule has 3 aromatic carbocycles. The molecule has 4 rings (SSSR count). The molecule has 0 saturated carbocycles. The molecule has 1 atom stereocenters. The number of nitrogens with one attached hydrogen (secondary N) is 1. The first kappa shape index (κ1) is 16.1. The van der Waals surface area contributed by atoms with E-state index in [0.717, 1.165) is 22.2 Å². The van der Waals surface area contributed by atoms with Crippen LogP contribution in [0.1, 0.15) is 27.8 Å². The van der Waals surface area contributed by atoms with Gasteiger partial charge in [0.15, 0.2) is 0 Å². The van der Waals surface area contributed by atoms with E-state index in [4.69, 9.17) is 0 Å². The first-order valence-corrected chi connectivity index (χ1v) is 8.54. The molecule has 0 unspecified atom stereocenters. The van der Waals surface area contributed by atoms with Crippen molar-refractivity contribution in [3.05, 3.63) is 102 Å². The fourth-order valence-electron chi connectivity index (χ4n) is 3.14. The monoisotopic (exact) mass is 341 g/mol. The summed E-state index contributed by atoms with van der Waals surface area (Å²) in [5.41, 5.74) is 1.63. The second-order valence-corrected chi connectivity index (χ2v) is 6.28. The minimum atomic E-state index is -0.310. The van der Waals surface area contributed by atoms with E-state index in [2.05, 4.69) is 10.3 Å². The summed E-state index contributed by atoms with van der Waals surface area (Å²) in [5, 5.41) is 5.30. The van der Waals surface area contributed by atoms with Crippen LogP contribution >= 0.6 is 0 Å². The highest BCUT2D eigenvalue weighted by Gasteiger charge is 2.21. The Kier molecular flexibility index (Phi) is 4.23. The lowest BCUT2D eigenvalue weighted by Gasteiger charge is -2.19. The molecule has 0 radical (unpaired) electrons. The third kappa shape index (κ3) is 3.09. The van der Waals surface area contributed by atoms with E-state index >= 15 is 0 Å². The predicted molar refractivity (Wildman–Crippen MR) is 103 cm³/mol. The third-order valence-corrected chi connectivity index (χ3v) is 4.54. The number of rotatable bonds is 4. The maximum absolute atomic E-state index is 12.9. The SMILES string of the molecule is Cn1ccnc1[C@H](NC(=O)c1ccc2ccccc2c1)c1ccccc1. The third-order valence-electron chi connectivity index (χ3n) is 4.54. The molecule has 128 valence electrons. The Hall–Kier alpha value is -3.40. The maximum Gasteiger partial charge on any atom is 0.252 e. The lowest BCUT2D eigenvalue weighted by molar-refractivity contribution is 0.0941. The first-order valence-electron chi connectivity index (χ1n) is 8.54. The average Bonchev–Trinajstić information content (AvgIpc) is 3.12. The zero-order valence-corrected chi connectivity index (χ0v) is 14.5. The molecular formula is C22H19N3O. The first-order chi connectivity index (χ1) is 12.7. The van der Waals surface area contributed by atoms with Gasteiger partial charge in [-0.3, -0.25) is 4.79 Å². The second kappa shape index (κ2) is 6.84. The van der Waals surface area contributed by atoms with Crippen molar-refractivity contribution in [3.8, 4) is 0 Å². The van der Waals surface area contributed by atoms with Crippen LogP contribution in [-0.2, 0) is 7.05 Å². The molecule has 0 bridgehead atoms. The fourth-order valence-corrected chi connectivity index (χ4v) is 3.14. The van der Waals surface area contributed by atoms with Gasteiger partial charge in [0.25, 0.3) is 5.91 Å². The van der Waals surface area contributed by atoms with Gasteiger partial charge in [0.1, 0.15) is 11.9 Å². The van der Waals surface area contributed by atoms with Crippen LogP contribution in [0.5, 0.6) is 0 Å². The van der Waals surface area contributed by atoms with Crippen LogP contribution in [0, 0.1) is 0 Å². The number of carbonyl (C=O) groups excluding carboxylic acids is 1. The van der Waals surface area contributed by atoms with E-state index in [1.54, 1.807) is 6.20 Å². The number of amides is 1. The van der Waals surface area contributed by atoms with Crippen molar-refractivity contribution in [2.75, 3.05) is 0 Å². The van der Waals surface area contributed by atoms with Gasteiger partial charge in [0.2, 0.25) is 0 Å². The summed E-state index contributed by atoms with van der Waals surface area (Å²) in [6.07, 6.45) is 3.63.